The Kier molecular flexibility index (Phi) is 5.34. The molecule has 0 bridgehead atoms. The third-order valence-corrected chi connectivity index (χ3v) is 3.86. The van der Waals surface area contributed by atoms with Gasteiger partial charge < -0.3 is 10.6 Å². The van der Waals surface area contributed by atoms with Crippen molar-refractivity contribution in [3.05, 3.63) is 28.2 Å². The summed E-state index contributed by atoms with van der Waals surface area (Å²) in [5, 5.41) is 5.55. The zero-order valence-electron chi connectivity index (χ0n) is 12.5. The first-order chi connectivity index (χ1) is 9.14. The molecule has 0 unspecified atom stereocenters. The molecular weight excluding hydrogens is 320 g/mol. The Balaban J connectivity index is 2.83. The summed E-state index contributed by atoms with van der Waals surface area (Å²) in [5.74, 6) is -0.601. The molecule has 1 aromatic rings. The number of hydrogen-bond acceptors (Lipinski definition) is 2. The molecule has 0 heterocycles. The molecule has 2 amide bonds. The zero-order chi connectivity index (χ0) is 15.5. The first-order valence-corrected chi connectivity index (χ1v) is 7.32. The van der Waals surface area contributed by atoms with Gasteiger partial charge >= 0.3 is 0 Å². The van der Waals surface area contributed by atoms with E-state index in [9.17, 15) is 9.59 Å². The SMILES string of the molecule is Cc1cc(NC(=O)C(C)(C)C(=O)NC(C)C)ccc1Br. The van der Waals surface area contributed by atoms with Crippen LogP contribution in [0.2, 0.25) is 0 Å². The lowest BCUT2D eigenvalue weighted by molar-refractivity contribution is -0.138. The third kappa shape index (κ3) is 4.07. The maximum atomic E-state index is 12.3. The van der Waals surface area contributed by atoms with Crippen molar-refractivity contribution in [2.45, 2.75) is 40.7 Å². The molecule has 0 aromatic heterocycles. The Morgan fingerprint density at radius 2 is 1.80 bits per heavy atom. The van der Waals surface area contributed by atoms with Gasteiger partial charge in [-0.25, -0.2) is 0 Å². The smallest absolute Gasteiger partial charge is 0.239 e. The third-order valence-electron chi connectivity index (χ3n) is 2.97. The van der Waals surface area contributed by atoms with Crippen LogP contribution in [0.5, 0.6) is 0 Å². The standard InChI is InChI=1S/C15H21BrN2O2/c1-9(2)17-13(19)15(4,5)14(20)18-11-6-7-12(16)10(3)8-11/h6-9H,1-5H3,(H,17,19)(H,18,20). The van der Waals surface area contributed by atoms with Crippen LogP contribution in [0.3, 0.4) is 0 Å². The van der Waals surface area contributed by atoms with E-state index < -0.39 is 5.41 Å². The lowest BCUT2D eigenvalue weighted by Crippen LogP contribution is -2.47. The van der Waals surface area contributed by atoms with E-state index in [0.29, 0.717) is 5.69 Å². The van der Waals surface area contributed by atoms with Gasteiger partial charge in [-0.05, 0) is 58.4 Å². The molecule has 0 spiro atoms. The van der Waals surface area contributed by atoms with Crippen molar-refractivity contribution >= 4 is 33.4 Å². The maximum Gasteiger partial charge on any atom is 0.239 e. The quantitative estimate of drug-likeness (QED) is 0.826. The summed E-state index contributed by atoms with van der Waals surface area (Å²) in [6.07, 6.45) is 0. The van der Waals surface area contributed by atoms with Crippen LogP contribution in [0.25, 0.3) is 0 Å². The Bertz CT molecular complexity index is 525. The number of benzene rings is 1. The summed E-state index contributed by atoms with van der Waals surface area (Å²) in [4.78, 5) is 24.3. The Labute approximate surface area is 128 Å². The van der Waals surface area contributed by atoms with Gasteiger partial charge in [-0.15, -0.1) is 0 Å². The molecule has 4 nitrogen and oxygen atoms in total. The average Bonchev–Trinajstić information content (AvgIpc) is 2.32. The Morgan fingerprint density at radius 3 is 2.30 bits per heavy atom. The molecule has 0 aliphatic heterocycles. The highest BCUT2D eigenvalue weighted by Crippen LogP contribution is 2.23. The molecule has 0 atom stereocenters. The van der Waals surface area contributed by atoms with Gasteiger partial charge in [0.1, 0.15) is 5.41 Å². The molecule has 0 saturated carbocycles. The van der Waals surface area contributed by atoms with Crippen molar-refractivity contribution in [3.63, 3.8) is 0 Å². The fraction of sp³-hybridized carbons (Fsp3) is 0.467. The predicted molar refractivity (Wildman–Crippen MR) is 84.6 cm³/mol. The normalized spacial score (nSPS) is 11.3. The lowest BCUT2D eigenvalue weighted by Gasteiger charge is -2.24. The number of rotatable bonds is 4. The van der Waals surface area contributed by atoms with E-state index in [1.165, 1.54) is 0 Å². The second kappa shape index (κ2) is 6.39. The molecule has 2 N–H and O–H groups in total. The second-order valence-corrected chi connectivity index (χ2v) is 6.53. The summed E-state index contributed by atoms with van der Waals surface area (Å²) in [5.41, 5.74) is 0.582. The van der Waals surface area contributed by atoms with Gasteiger partial charge in [0.15, 0.2) is 0 Å². The van der Waals surface area contributed by atoms with Gasteiger partial charge in [0.05, 0.1) is 0 Å². The van der Waals surface area contributed by atoms with Crippen LogP contribution >= 0.6 is 15.9 Å². The highest BCUT2D eigenvalue weighted by atomic mass is 79.9. The van der Waals surface area contributed by atoms with Crippen molar-refractivity contribution in [1.82, 2.24) is 5.32 Å². The highest BCUT2D eigenvalue weighted by molar-refractivity contribution is 9.10. The molecule has 5 heteroatoms. The minimum atomic E-state index is -1.12. The van der Waals surface area contributed by atoms with E-state index in [4.69, 9.17) is 0 Å². The largest absolute Gasteiger partial charge is 0.353 e. The highest BCUT2D eigenvalue weighted by Gasteiger charge is 2.36. The van der Waals surface area contributed by atoms with E-state index in [-0.39, 0.29) is 17.9 Å². The zero-order valence-corrected chi connectivity index (χ0v) is 14.1. The van der Waals surface area contributed by atoms with Crippen LogP contribution < -0.4 is 10.6 Å². The fourth-order valence-electron chi connectivity index (χ4n) is 1.56. The predicted octanol–water partition coefficient (Wildman–Crippen LogP) is 3.25. The maximum absolute atomic E-state index is 12.3. The van der Waals surface area contributed by atoms with Crippen LogP contribution in [0, 0.1) is 12.3 Å². The molecule has 20 heavy (non-hydrogen) atoms. The Hall–Kier alpha value is -1.36. The van der Waals surface area contributed by atoms with Crippen molar-refractivity contribution in [2.75, 3.05) is 5.32 Å². The number of nitrogens with one attached hydrogen (secondary N) is 2. The minimum absolute atomic E-state index is 0.00417. The minimum Gasteiger partial charge on any atom is -0.353 e. The van der Waals surface area contributed by atoms with Gasteiger partial charge in [0, 0.05) is 16.2 Å². The summed E-state index contributed by atoms with van der Waals surface area (Å²) in [6, 6.07) is 5.53. The molecule has 0 aliphatic carbocycles. The van der Waals surface area contributed by atoms with E-state index in [1.54, 1.807) is 19.9 Å². The monoisotopic (exact) mass is 340 g/mol. The molecular formula is C15H21BrN2O2. The average molecular weight is 341 g/mol. The van der Waals surface area contributed by atoms with Gasteiger partial charge in [-0.1, -0.05) is 15.9 Å². The van der Waals surface area contributed by atoms with Crippen LogP contribution in [0.15, 0.2) is 22.7 Å². The van der Waals surface area contributed by atoms with E-state index in [2.05, 4.69) is 26.6 Å². The number of carbonyl (C=O) groups excluding carboxylic acids is 2. The van der Waals surface area contributed by atoms with Crippen LogP contribution in [-0.4, -0.2) is 17.9 Å². The van der Waals surface area contributed by atoms with Crippen molar-refractivity contribution in [2.24, 2.45) is 5.41 Å². The van der Waals surface area contributed by atoms with Gasteiger partial charge in [-0.2, -0.15) is 0 Å². The Morgan fingerprint density at radius 1 is 1.20 bits per heavy atom. The van der Waals surface area contributed by atoms with Gasteiger partial charge in [-0.3, -0.25) is 9.59 Å². The number of amides is 2. The molecule has 0 fully saturated rings. The van der Waals surface area contributed by atoms with E-state index in [1.807, 2.05) is 32.9 Å². The summed E-state index contributed by atoms with van der Waals surface area (Å²) < 4.78 is 0.979. The molecule has 110 valence electrons. The number of halogens is 1. The van der Waals surface area contributed by atoms with Gasteiger partial charge in [0.25, 0.3) is 0 Å². The molecule has 1 rings (SSSR count). The number of aryl methyl sites for hydroxylation is 1. The number of hydrogen-bond donors (Lipinski definition) is 2. The van der Waals surface area contributed by atoms with Crippen LogP contribution in [0.4, 0.5) is 5.69 Å². The topological polar surface area (TPSA) is 58.2 Å². The second-order valence-electron chi connectivity index (χ2n) is 5.67. The first kappa shape index (κ1) is 16.7. The molecule has 1 aromatic carbocycles. The van der Waals surface area contributed by atoms with Crippen molar-refractivity contribution < 1.29 is 9.59 Å². The molecule has 0 saturated heterocycles. The number of carbonyl (C=O) groups is 2. The summed E-state index contributed by atoms with van der Waals surface area (Å²) in [6.45, 7) is 8.90. The van der Waals surface area contributed by atoms with Crippen molar-refractivity contribution in [3.8, 4) is 0 Å². The summed E-state index contributed by atoms with van der Waals surface area (Å²) in [7, 11) is 0. The first-order valence-electron chi connectivity index (χ1n) is 6.53. The van der Waals surface area contributed by atoms with Crippen LogP contribution in [-0.2, 0) is 9.59 Å². The van der Waals surface area contributed by atoms with Crippen LogP contribution in [0.1, 0.15) is 33.3 Å². The van der Waals surface area contributed by atoms with E-state index >= 15 is 0 Å². The fourth-order valence-corrected chi connectivity index (χ4v) is 1.80. The van der Waals surface area contributed by atoms with Crippen molar-refractivity contribution in [1.29, 1.82) is 0 Å². The molecule has 0 aliphatic rings. The summed E-state index contributed by atoms with van der Waals surface area (Å²) >= 11 is 3.41. The lowest BCUT2D eigenvalue weighted by atomic mass is 9.90. The number of anilines is 1. The molecule has 0 radical (unpaired) electrons. The van der Waals surface area contributed by atoms with Gasteiger partial charge in [0.2, 0.25) is 11.8 Å². The van der Waals surface area contributed by atoms with E-state index in [0.717, 1.165) is 10.0 Å².